The molecule has 4 rings (SSSR count). The Kier molecular flexibility index (Phi) is 4.75. The minimum atomic E-state index is -4.25. The fourth-order valence-corrected chi connectivity index (χ4v) is 7.54. The van der Waals surface area contributed by atoms with Crippen LogP contribution < -0.4 is 13.8 Å². The normalized spacial score (nSPS) is 16.0. The van der Waals surface area contributed by atoms with Gasteiger partial charge in [-0.15, -0.1) is 0 Å². The van der Waals surface area contributed by atoms with Crippen molar-refractivity contribution < 1.29 is 26.4 Å². The second kappa shape index (κ2) is 7.15. The lowest BCUT2D eigenvalue weighted by Gasteiger charge is -2.16. The highest BCUT2D eigenvalue weighted by Crippen LogP contribution is 2.40. The molecule has 0 spiro atoms. The summed E-state index contributed by atoms with van der Waals surface area (Å²) < 4.78 is 56.6. The molecule has 3 aromatic rings. The molecule has 0 aliphatic carbocycles. The Morgan fingerprint density at radius 1 is 0.833 bits per heavy atom. The van der Waals surface area contributed by atoms with Gasteiger partial charge in [0.1, 0.15) is 15.5 Å². The van der Waals surface area contributed by atoms with E-state index in [1.165, 1.54) is 55.6 Å². The van der Waals surface area contributed by atoms with E-state index < -0.39 is 26.0 Å². The first kappa shape index (κ1) is 19.9. The number of ether oxygens (including phenoxy) is 1. The molecule has 3 aromatic carbocycles. The van der Waals surface area contributed by atoms with Gasteiger partial charge >= 0.3 is 0 Å². The van der Waals surface area contributed by atoms with E-state index in [1.807, 2.05) is 0 Å². The molecule has 0 atom stereocenters. The Bertz CT molecular complexity index is 1300. The lowest BCUT2D eigenvalue weighted by Crippen LogP contribution is -2.30. The monoisotopic (exact) mass is 444 g/mol. The fourth-order valence-electron chi connectivity index (χ4n) is 3.10. The number of amides is 1. The van der Waals surface area contributed by atoms with Gasteiger partial charge < -0.3 is 10.1 Å². The van der Waals surface area contributed by atoms with E-state index in [2.05, 4.69) is 5.32 Å². The largest absolute Gasteiger partial charge is 0.497 e. The number of nitrogens with zero attached hydrogens (tertiary/aromatic N) is 1. The van der Waals surface area contributed by atoms with E-state index in [-0.39, 0.29) is 15.5 Å². The van der Waals surface area contributed by atoms with Crippen LogP contribution in [0.25, 0.3) is 0 Å². The van der Waals surface area contributed by atoms with Crippen molar-refractivity contribution in [2.45, 2.75) is 9.79 Å². The van der Waals surface area contributed by atoms with Gasteiger partial charge in [-0.1, -0.05) is 18.2 Å². The van der Waals surface area contributed by atoms with Crippen LogP contribution in [0, 0.1) is 0 Å². The number of fused-ring (bicyclic) bond motifs is 1. The summed E-state index contributed by atoms with van der Waals surface area (Å²) in [5.74, 6) is 0.137. The number of nitrogens with one attached hydrogen (secondary N) is 1. The number of hydrogen-bond donors (Lipinski definition) is 1. The molecule has 8 nitrogen and oxygen atoms in total. The molecule has 1 heterocycles. The van der Waals surface area contributed by atoms with Crippen LogP contribution in [0.5, 0.6) is 5.75 Å². The van der Waals surface area contributed by atoms with Gasteiger partial charge in [0.15, 0.2) is 0 Å². The van der Waals surface area contributed by atoms with Crippen molar-refractivity contribution in [1.29, 1.82) is 0 Å². The lowest BCUT2D eigenvalue weighted by molar-refractivity contribution is 0.102. The number of rotatable bonds is 4. The van der Waals surface area contributed by atoms with Crippen LogP contribution in [0.4, 0.5) is 11.4 Å². The standard InChI is InChI=1S/C20H16N2O6S2/c1-28-17-6-4-5-14(13-17)20(23)21-15-9-11-16(12-10-15)22-29(24,25)18-7-2-3-8-19(18)30(22,26)27/h2-13H,1H3,(H,21,23). The summed E-state index contributed by atoms with van der Waals surface area (Å²) in [4.78, 5) is 11.9. The van der Waals surface area contributed by atoms with Gasteiger partial charge in [0.2, 0.25) is 0 Å². The summed E-state index contributed by atoms with van der Waals surface area (Å²) in [5, 5.41) is 2.67. The van der Waals surface area contributed by atoms with Crippen LogP contribution >= 0.6 is 0 Å². The highest BCUT2D eigenvalue weighted by Gasteiger charge is 2.47. The summed E-state index contributed by atoms with van der Waals surface area (Å²) in [5.41, 5.74) is 0.697. The predicted octanol–water partition coefficient (Wildman–Crippen LogP) is 2.85. The maximum Gasteiger partial charge on any atom is 0.279 e. The second-order valence-corrected chi connectivity index (χ2v) is 10.1. The first-order valence-electron chi connectivity index (χ1n) is 8.70. The number of hydrogen-bond acceptors (Lipinski definition) is 6. The number of methoxy groups -OCH3 is 1. The molecule has 30 heavy (non-hydrogen) atoms. The summed E-state index contributed by atoms with van der Waals surface area (Å²) in [6, 6.07) is 17.5. The van der Waals surface area contributed by atoms with E-state index in [1.54, 1.807) is 24.3 Å². The van der Waals surface area contributed by atoms with E-state index in [4.69, 9.17) is 4.74 Å². The summed E-state index contributed by atoms with van der Waals surface area (Å²) in [6.45, 7) is 0. The number of anilines is 2. The zero-order valence-electron chi connectivity index (χ0n) is 15.6. The number of benzene rings is 3. The Balaban J connectivity index is 1.62. The third-order valence-corrected chi connectivity index (χ3v) is 8.93. The molecule has 0 fully saturated rings. The quantitative estimate of drug-likeness (QED) is 0.663. The minimum Gasteiger partial charge on any atom is -0.497 e. The van der Waals surface area contributed by atoms with Crippen LogP contribution in [0.15, 0.2) is 82.6 Å². The molecule has 0 aromatic heterocycles. The Hall–Kier alpha value is -3.37. The molecule has 154 valence electrons. The van der Waals surface area contributed by atoms with E-state index in [0.29, 0.717) is 20.7 Å². The van der Waals surface area contributed by atoms with Gasteiger partial charge in [0.25, 0.3) is 26.0 Å². The molecule has 0 unspecified atom stereocenters. The predicted molar refractivity (Wildman–Crippen MR) is 111 cm³/mol. The Morgan fingerprint density at radius 3 is 2.00 bits per heavy atom. The third-order valence-electron chi connectivity index (χ3n) is 4.51. The summed E-state index contributed by atoms with van der Waals surface area (Å²) in [6.07, 6.45) is 0. The first-order chi connectivity index (χ1) is 14.2. The highest BCUT2D eigenvalue weighted by atomic mass is 32.3. The SMILES string of the molecule is COc1cccc(C(=O)Nc2ccc(N3S(=O)(=O)c4ccccc4S3(=O)=O)cc2)c1. The number of carbonyl (C=O) groups is 1. The maximum absolute atomic E-state index is 12.8. The van der Waals surface area contributed by atoms with Crippen molar-refractivity contribution in [1.82, 2.24) is 0 Å². The van der Waals surface area contributed by atoms with Crippen molar-refractivity contribution >= 4 is 37.3 Å². The summed E-state index contributed by atoms with van der Waals surface area (Å²) in [7, 11) is -7.00. The van der Waals surface area contributed by atoms with Crippen LogP contribution in [0.1, 0.15) is 10.4 Å². The van der Waals surface area contributed by atoms with Gasteiger partial charge in [0, 0.05) is 11.3 Å². The first-order valence-corrected chi connectivity index (χ1v) is 11.6. The molecule has 1 N–H and O–H groups in total. The average molecular weight is 444 g/mol. The van der Waals surface area contributed by atoms with E-state index in [0.717, 1.165) is 0 Å². The Morgan fingerprint density at radius 2 is 1.43 bits per heavy atom. The van der Waals surface area contributed by atoms with Gasteiger partial charge in [-0.3, -0.25) is 4.79 Å². The molecule has 1 aliphatic heterocycles. The van der Waals surface area contributed by atoms with Crippen LogP contribution in [0.2, 0.25) is 0 Å². The average Bonchev–Trinajstić information content (AvgIpc) is 2.90. The maximum atomic E-state index is 12.8. The van der Waals surface area contributed by atoms with Crippen LogP contribution in [-0.4, -0.2) is 29.9 Å². The molecule has 10 heteroatoms. The molecule has 0 bridgehead atoms. The molecule has 1 aliphatic rings. The number of sulfonamides is 2. The van der Waals surface area contributed by atoms with Gasteiger partial charge in [0.05, 0.1) is 12.8 Å². The lowest BCUT2D eigenvalue weighted by atomic mass is 10.2. The van der Waals surface area contributed by atoms with Crippen molar-refractivity contribution in [3.63, 3.8) is 0 Å². The van der Waals surface area contributed by atoms with Crippen LogP contribution in [-0.2, 0) is 20.0 Å². The second-order valence-electron chi connectivity index (χ2n) is 6.39. The van der Waals surface area contributed by atoms with E-state index in [9.17, 15) is 21.6 Å². The molecular weight excluding hydrogens is 428 g/mol. The zero-order valence-corrected chi connectivity index (χ0v) is 17.3. The highest BCUT2D eigenvalue weighted by molar-refractivity contribution is 8.12. The van der Waals surface area contributed by atoms with Crippen LogP contribution in [0.3, 0.4) is 0 Å². The van der Waals surface area contributed by atoms with Gasteiger partial charge in [-0.25, -0.2) is 0 Å². The smallest absolute Gasteiger partial charge is 0.279 e. The molecule has 0 saturated heterocycles. The molecule has 1 amide bonds. The number of carbonyl (C=O) groups excluding carboxylic acids is 1. The Labute approximate surface area is 173 Å². The van der Waals surface area contributed by atoms with Gasteiger partial charge in [-0.05, 0) is 54.6 Å². The molecule has 0 saturated carbocycles. The van der Waals surface area contributed by atoms with Gasteiger partial charge in [-0.2, -0.15) is 20.5 Å². The van der Waals surface area contributed by atoms with Crippen molar-refractivity contribution in [2.24, 2.45) is 0 Å². The molecule has 0 radical (unpaired) electrons. The third kappa shape index (κ3) is 3.19. The van der Waals surface area contributed by atoms with Crippen molar-refractivity contribution in [3.05, 3.63) is 78.4 Å². The minimum absolute atomic E-state index is 0.0504. The van der Waals surface area contributed by atoms with E-state index >= 15 is 0 Å². The van der Waals surface area contributed by atoms with Crippen molar-refractivity contribution in [3.8, 4) is 5.75 Å². The topological polar surface area (TPSA) is 110 Å². The molecular formula is C20H16N2O6S2. The fraction of sp³-hybridized carbons (Fsp3) is 0.0500. The summed E-state index contributed by atoms with van der Waals surface area (Å²) >= 11 is 0. The zero-order chi connectivity index (χ0) is 21.5. The van der Waals surface area contributed by atoms with Crippen molar-refractivity contribution in [2.75, 3.05) is 16.1 Å².